The number of benzene rings is 1. The van der Waals surface area contributed by atoms with Crippen LogP contribution in [0, 0.1) is 0 Å². The molecule has 5 nitrogen and oxygen atoms in total. The average Bonchev–Trinajstić information content (AvgIpc) is 2.87. The Labute approximate surface area is 124 Å². The molecule has 1 aromatic heterocycles. The molecule has 0 atom stereocenters. The fourth-order valence-corrected chi connectivity index (χ4v) is 1.74. The monoisotopic (exact) mass is 337 g/mol. The second-order valence-corrected chi connectivity index (χ2v) is 4.70. The molecule has 0 saturated heterocycles. The first-order chi connectivity index (χ1) is 9.58. The summed E-state index contributed by atoms with van der Waals surface area (Å²) in [5.41, 5.74) is 0.650. The van der Waals surface area contributed by atoms with Gasteiger partial charge in [0.15, 0.2) is 4.67 Å². The highest BCUT2D eigenvalue weighted by Crippen LogP contribution is 2.19. The first-order valence-corrected chi connectivity index (χ1v) is 6.75. The molecule has 104 valence electrons. The van der Waals surface area contributed by atoms with E-state index in [4.69, 9.17) is 9.15 Å². The minimum atomic E-state index is -0.582. The summed E-state index contributed by atoms with van der Waals surface area (Å²) in [7, 11) is 0. The number of furan rings is 1. The Morgan fingerprint density at radius 2 is 1.90 bits per heavy atom. The molecule has 1 aromatic carbocycles. The van der Waals surface area contributed by atoms with Crippen molar-refractivity contribution in [3.63, 3.8) is 0 Å². The van der Waals surface area contributed by atoms with Crippen LogP contribution in [0.3, 0.4) is 0 Å². The normalized spacial score (nSPS) is 10.1. The highest BCUT2D eigenvalue weighted by molar-refractivity contribution is 9.10. The summed E-state index contributed by atoms with van der Waals surface area (Å²) >= 11 is 3.11. The SMILES string of the molecule is CCC(=O)Nc1ccc(OC(=O)c2ccc(Br)o2)cc1. The van der Waals surface area contributed by atoms with Gasteiger partial charge in [-0.1, -0.05) is 6.92 Å². The van der Waals surface area contributed by atoms with Crippen molar-refractivity contribution in [3.8, 4) is 5.75 Å². The molecule has 2 aromatic rings. The average molecular weight is 338 g/mol. The number of ether oxygens (including phenoxy) is 1. The van der Waals surface area contributed by atoms with Crippen LogP contribution in [-0.4, -0.2) is 11.9 Å². The minimum absolute atomic E-state index is 0.0739. The van der Waals surface area contributed by atoms with Crippen molar-refractivity contribution in [3.05, 3.63) is 46.8 Å². The van der Waals surface area contributed by atoms with E-state index in [-0.39, 0.29) is 11.7 Å². The first-order valence-electron chi connectivity index (χ1n) is 5.96. The topological polar surface area (TPSA) is 68.5 Å². The van der Waals surface area contributed by atoms with Crippen molar-refractivity contribution in [1.82, 2.24) is 0 Å². The molecule has 0 spiro atoms. The number of rotatable bonds is 4. The second-order valence-electron chi connectivity index (χ2n) is 3.92. The minimum Gasteiger partial charge on any atom is -0.442 e. The number of amides is 1. The van der Waals surface area contributed by atoms with E-state index in [2.05, 4.69) is 21.2 Å². The van der Waals surface area contributed by atoms with Gasteiger partial charge in [-0.15, -0.1) is 0 Å². The van der Waals surface area contributed by atoms with Gasteiger partial charge in [0.1, 0.15) is 5.75 Å². The Kier molecular flexibility index (Phi) is 4.57. The summed E-state index contributed by atoms with van der Waals surface area (Å²) in [6, 6.07) is 9.65. The van der Waals surface area contributed by atoms with Crippen LogP contribution in [0.15, 0.2) is 45.5 Å². The predicted molar refractivity (Wildman–Crippen MR) is 76.7 cm³/mol. The van der Waals surface area contributed by atoms with E-state index in [9.17, 15) is 9.59 Å². The Morgan fingerprint density at radius 3 is 2.45 bits per heavy atom. The van der Waals surface area contributed by atoms with Crippen molar-refractivity contribution in [2.24, 2.45) is 0 Å². The molecule has 6 heteroatoms. The van der Waals surface area contributed by atoms with Crippen LogP contribution >= 0.6 is 15.9 Å². The smallest absolute Gasteiger partial charge is 0.379 e. The molecular formula is C14H12BrNO4. The zero-order valence-corrected chi connectivity index (χ0v) is 12.3. The molecule has 1 N–H and O–H groups in total. The lowest BCUT2D eigenvalue weighted by atomic mass is 10.3. The van der Waals surface area contributed by atoms with Crippen LogP contribution in [-0.2, 0) is 4.79 Å². The number of carbonyl (C=O) groups excluding carboxylic acids is 2. The second kappa shape index (κ2) is 6.38. The molecule has 0 fully saturated rings. The van der Waals surface area contributed by atoms with Gasteiger partial charge in [0.05, 0.1) is 0 Å². The highest BCUT2D eigenvalue weighted by atomic mass is 79.9. The summed E-state index contributed by atoms with van der Waals surface area (Å²) in [5.74, 6) is -0.173. The number of carbonyl (C=O) groups is 2. The fraction of sp³-hybridized carbons (Fsp3) is 0.143. The van der Waals surface area contributed by atoms with Crippen LogP contribution < -0.4 is 10.1 Å². The van der Waals surface area contributed by atoms with Crippen molar-refractivity contribution < 1.29 is 18.7 Å². The van der Waals surface area contributed by atoms with Gasteiger partial charge in [0, 0.05) is 12.1 Å². The van der Waals surface area contributed by atoms with Gasteiger partial charge in [-0.2, -0.15) is 0 Å². The Hall–Kier alpha value is -2.08. The van der Waals surface area contributed by atoms with Crippen molar-refractivity contribution in [2.45, 2.75) is 13.3 Å². The summed E-state index contributed by atoms with van der Waals surface area (Å²) in [5, 5.41) is 2.70. The molecule has 20 heavy (non-hydrogen) atoms. The van der Waals surface area contributed by atoms with E-state index >= 15 is 0 Å². The largest absolute Gasteiger partial charge is 0.442 e. The van der Waals surface area contributed by atoms with E-state index in [1.807, 2.05) is 0 Å². The maximum atomic E-state index is 11.7. The summed E-state index contributed by atoms with van der Waals surface area (Å²) in [6.07, 6.45) is 0.407. The lowest BCUT2D eigenvalue weighted by Crippen LogP contribution is -2.10. The van der Waals surface area contributed by atoms with E-state index in [1.54, 1.807) is 37.3 Å². The van der Waals surface area contributed by atoms with E-state index in [1.165, 1.54) is 6.07 Å². The van der Waals surface area contributed by atoms with Crippen LogP contribution in [0.4, 0.5) is 5.69 Å². The van der Waals surface area contributed by atoms with Crippen LogP contribution in [0.25, 0.3) is 0 Å². The van der Waals surface area contributed by atoms with E-state index in [0.29, 0.717) is 22.5 Å². The summed E-state index contributed by atoms with van der Waals surface area (Å²) in [6.45, 7) is 1.77. The third kappa shape index (κ3) is 3.71. The van der Waals surface area contributed by atoms with Gasteiger partial charge < -0.3 is 14.5 Å². The molecule has 1 amide bonds. The van der Waals surface area contributed by atoms with Crippen LogP contribution in [0.2, 0.25) is 0 Å². The molecule has 0 radical (unpaired) electrons. The fourth-order valence-electron chi connectivity index (χ4n) is 1.44. The quantitative estimate of drug-likeness (QED) is 0.683. The number of hydrogen-bond donors (Lipinski definition) is 1. The zero-order chi connectivity index (χ0) is 14.5. The molecule has 0 aliphatic rings. The molecule has 0 aliphatic carbocycles. The lowest BCUT2D eigenvalue weighted by Gasteiger charge is -2.05. The number of esters is 1. The summed E-state index contributed by atoms with van der Waals surface area (Å²) < 4.78 is 10.7. The number of halogens is 1. The van der Waals surface area contributed by atoms with Crippen molar-refractivity contribution in [1.29, 1.82) is 0 Å². The number of anilines is 1. The van der Waals surface area contributed by atoms with Crippen molar-refractivity contribution in [2.75, 3.05) is 5.32 Å². The van der Waals surface area contributed by atoms with Gasteiger partial charge in [-0.05, 0) is 52.3 Å². The molecular weight excluding hydrogens is 326 g/mol. The van der Waals surface area contributed by atoms with Gasteiger partial charge in [-0.3, -0.25) is 4.79 Å². The molecule has 0 saturated carbocycles. The molecule has 0 aliphatic heterocycles. The molecule has 0 unspecified atom stereocenters. The Morgan fingerprint density at radius 1 is 1.20 bits per heavy atom. The number of hydrogen-bond acceptors (Lipinski definition) is 4. The maximum absolute atomic E-state index is 11.7. The highest BCUT2D eigenvalue weighted by Gasteiger charge is 2.13. The Balaban J connectivity index is 2.00. The Bertz CT molecular complexity index is 618. The predicted octanol–water partition coefficient (Wildman–Crippen LogP) is 3.61. The van der Waals surface area contributed by atoms with Crippen molar-refractivity contribution >= 4 is 33.5 Å². The third-order valence-electron chi connectivity index (χ3n) is 2.44. The lowest BCUT2D eigenvalue weighted by molar-refractivity contribution is -0.115. The van der Waals surface area contributed by atoms with Crippen LogP contribution in [0.1, 0.15) is 23.9 Å². The van der Waals surface area contributed by atoms with Gasteiger partial charge in [-0.25, -0.2) is 4.79 Å². The molecule has 0 bridgehead atoms. The van der Waals surface area contributed by atoms with Crippen LogP contribution in [0.5, 0.6) is 5.75 Å². The van der Waals surface area contributed by atoms with Gasteiger partial charge in [0.2, 0.25) is 11.7 Å². The summed E-state index contributed by atoms with van der Waals surface area (Å²) in [4.78, 5) is 22.9. The number of nitrogens with one attached hydrogen (secondary N) is 1. The molecule has 2 rings (SSSR count). The maximum Gasteiger partial charge on any atom is 0.379 e. The van der Waals surface area contributed by atoms with E-state index < -0.39 is 5.97 Å². The first kappa shape index (κ1) is 14.3. The van der Waals surface area contributed by atoms with E-state index in [0.717, 1.165) is 0 Å². The third-order valence-corrected chi connectivity index (χ3v) is 2.87. The molecule has 1 heterocycles. The van der Waals surface area contributed by atoms with Gasteiger partial charge >= 0.3 is 5.97 Å². The standard InChI is InChI=1S/C14H12BrNO4/c1-2-13(17)16-9-3-5-10(6-4-9)19-14(18)11-7-8-12(15)20-11/h3-8H,2H2,1H3,(H,16,17). The zero-order valence-electron chi connectivity index (χ0n) is 10.7. The van der Waals surface area contributed by atoms with Gasteiger partial charge in [0.25, 0.3) is 0 Å².